The van der Waals surface area contributed by atoms with Crippen LogP contribution in [0.4, 0.5) is 5.69 Å². The molecule has 1 aliphatic rings. The van der Waals surface area contributed by atoms with Gasteiger partial charge in [0.25, 0.3) is 0 Å². The molecule has 0 spiro atoms. The Labute approximate surface area is 129 Å². The van der Waals surface area contributed by atoms with E-state index in [-0.39, 0.29) is 11.8 Å². The molecule has 116 valence electrons. The normalized spacial score (nSPS) is 17.8. The number of nitrogens with zero attached hydrogens (tertiary/aromatic N) is 4. The Balaban J connectivity index is 1.75. The van der Waals surface area contributed by atoms with E-state index in [1.165, 1.54) is 0 Å². The summed E-state index contributed by atoms with van der Waals surface area (Å²) in [7, 11) is 4.00. The highest BCUT2D eigenvalue weighted by atomic mass is 16.4. The summed E-state index contributed by atoms with van der Waals surface area (Å²) in [4.78, 5) is 15.3. The number of carbonyl (C=O) groups excluding carboxylic acids is 1. The molecule has 3 rings (SSSR count). The van der Waals surface area contributed by atoms with Crippen LogP contribution in [-0.4, -0.2) is 48.2 Å². The van der Waals surface area contributed by atoms with Crippen molar-refractivity contribution in [3.63, 3.8) is 0 Å². The monoisotopic (exact) mass is 300 g/mol. The minimum absolute atomic E-state index is 0.0986. The predicted molar refractivity (Wildman–Crippen MR) is 83.7 cm³/mol. The van der Waals surface area contributed by atoms with Gasteiger partial charge in [0.2, 0.25) is 17.7 Å². The maximum absolute atomic E-state index is 11.4. The van der Waals surface area contributed by atoms with E-state index in [9.17, 15) is 4.79 Å². The van der Waals surface area contributed by atoms with Crippen LogP contribution in [0.2, 0.25) is 0 Å². The number of hydrogen-bond acceptors (Lipinski definition) is 5. The molecular formula is C16H20N4O2. The Hall–Kier alpha value is -2.37. The molecule has 0 bridgehead atoms. The number of anilines is 1. The van der Waals surface area contributed by atoms with Crippen molar-refractivity contribution in [2.24, 2.45) is 0 Å². The highest BCUT2D eigenvalue weighted by molar-refractivity contribution is 5.73. The summed E-state index contributed by atoms with van der Waals surface area (Å²) in [5.41, 5.74) is 2.03. The summed E-state index contributed by atoms with van der Waals surface area (Å²) >= 11 is 0. The maximum atomic E-state index is 11.4. The third kappa shape index (κ3) is 2.81. The van der Waals surface area contributed by atoms with Crippen LogP contribution in [0.3, 0.4) is 0 Å². The van der Waals surface area contributed by atoms with E-state index in [2.05, 4.69) is 10.2 Å². The van der Waals surface area contributed by atoms with E-state index in [0.29, 0.717) is 18.3 Å². The summed E-state index contributed by atoms with van der Waals surface area (Å²) < 4.78 is 5.81. The number of likely N-dealkylation sites (tertiary alicyclic amines) is 1. The topological polar surface area (TPSA) is 62.5 Å². The summed E-state index contributed by atoms with van der Waals surface area (Å²) in [6, 6.07) is 7.99. The third-order valence-corrected chi connectivity index (χ3v) is 4.05. The average molecular weight is 300 g/mol. The molecule has 0 radical (unpaired) electrons. The molecule has 1 amide bonds. The molecule has 1 atom stereocenters. The Morgan fingerprint density at radius 3 is 2.59 bits per heavy atom. The van der Waals surface area contributed by atoms with Crippen molar-refractivity contribution in [1.82, 2.24) is 15.1 Å². The first-order valence-corrected chi connectivity index (χ1v) is 7.41. The Bertz CT molecular complexity index is 663. The van der Waals surface area contributed by atoms with Crippen molar-refractivity contribution in [3.05, 3.63) is 30.2 Å². The molecule has 0 N–H and O–H groups in total. The average Bonchev–Trinajstić information content (AvgIpc) is 3.16. The number of rotatable bonds is 3. The predicted octanol–water partition coefficient (Wildman–Crippen LogP) is 2.14. The molecule has 1 saturated heterocycles. The quantitative estimate of drug-likeness (QED) is 0.869. The number of hydrogen-bond donors (Lipinski definition) is 0. The molecule has 1 fully saturated rings. The van der Waals surface area contributed by atoms with Crippen molar-refractivity contribution in [2.75, 3.05) is 32.1 Å². The van der Waals surface area contributed by atoms with Crippen molar-refractivity contribution >= 4 is 11.6 Å². The zero-order valence-electron chi connectivity index (χ0n) is 13.1. The molecule has 0 aliphatic carbocycles. The molecule has 6 heteroatoms. The van der Waals surface area contributed by atoms with Gasteiger partial charge in [-0.15, -0.1) is 10.2 Å². The van der Waals surface area contributed by atoms with Gasteiger partial charge in [-0.1, -0.05) is 0 Å². The number of amides is 1. The smallest absolute Gasteiger partial charge is 0.247 e. The first-order valence-electron chi connectivity index (χ1n) is 7.41. The molecular weight excluding hydrogens is 280 g/mol. The van der Waals surface area contributed by atoms with Crippen LogP contribution in [0.1, 0.15) is 25.2 Å². The maximum Gasteiger partial charge on any atom is 0.247 e. The van der Waals surface area contributed by atoms with E-state index < -0.39 is 0 Å². The van der Waals surface area contributed by atoms with E-state index in [1.807, 2.05) is 48.2 Å². The molecule has 1 aromatic carbocycles. The minimum atomic E-state index is 0.0986. The molecule has 0 unspecified atom stereocenters. The number of benzene rings is 1. The molecule has 0 saturated carbocycles. The fraction of sp³-hybridized carbons (Fsp3) is 0.438. The standard InChI is InChI=1S/C16H20N4O2/c1-11(21)20-9-8-13(10-20)16-18-17-15(22-16)12-4-6-14(7-5-12)19(2)3/h4-7,13H,8-10H2,1-3H3/t13-/m0/s1. The lowest BCUT2D eigenvalue weighted by Gasteiger charge is -2.12. The van der Waals surface area contributed by atoms with Gasteiger partial charge in [-0.3, -0.25) is 4.79 Å². The molecule has 2 aromatic rings. The second kappa shape index (κ2) is 5.79. The fourth-order valence-electron chi connectivity index (χ4n) is 2.67. The largest absolute Gasteiger partial charge is 0.420 e. The van der Waals surface area contributed by atoms with Crippen molar-refractivity contribution in [3.8, 4) is 11.5 Å². The van der Waals surface area contributed by atoms with Crippen molar-refractivity contribution < 1.29 is 9.21 Å². The highest BCUT2D eigenvalue weighted by Gasteiger charge is 2.29. The number of carbonyl (C=O) groups is 1. The van der Waals surface area contributed by atoms with E-state index in [0.717, 1.165) is 24.2 Å². The van der Waals surface area contributed by atoms with Gasteiger partial charge >= 0.3 is 0 Å². The van der Waals surface area contributed by atoms with Crippen LogP contribution in [-0.2, 0) is 4.79 Å². The summed E-state index contributed by atoms with van der Waals surface area (Å²) in [6.45, 7) is 3.01. The Kier molecular flexibility index (Phi) is 3.83. The summed E-state index contributed by atoms with van der Waals surface area (Å²) in [6.07, 6.45) is 0.876. The second-order valence-electron chi connectivity index (χ2n) is 5.84. The van der Waals surface area contributed by atoms with Gasteiger partial charge in [0, 0.05) is 45.4 Å². The summed E-state index contributed by atoms with van der Waals surface area (Å²) in [5.74, 6) is 1.39. The first kappa shape index (κ1) is 14.6. The Morgan fingerprint density at radius 1 is 1.27 bits per heavy atom. The van der Waals surface area contributed by atoms with Gasteiger partial charge in [-0.2, -0.15) is 0 Å². The lowest BCUT2D eigenvalue weighted by atomic mass is 10.1. The molecule has 22 heavy (non-hydrogen) atoms. The molecule has 1 aliphatic heterocycles. The van der Waals surface area contributed by atoms with Crippen molar-refractivity contribution in [2.45, 2.75) is 19.3 Å². The van der Waals surface area contributed by atoms with Crippen LogP contribution in [0.15, 0.2) is 28.7 Å². The lowest BCUT2D eigenvalue weighted by molar-refractivity contribution is -0.127. The van der Waals surface area contributed by atoms with Crippen LogP contribution in [0.25, 0.3) is 11.5 Å². The first-order chi connectivity index (χ1) is 10.5. The molecule has 2 heterocycles. The van der Waals surface area contributed by atoms with E-state index in [1.54, 1.807) is 6.92 Å². The fourth-order valence-corrected chi connectivity index (χ4v) is 2.67. The zero-order valence-corrected chi connectivity index (χ0v) is 13.1. The molecule has 6 nitrogen and oxygen atoms in total. The lowest BCUT2D eigenvalue weighted by Crippen LogP contribution is -2.25. The van der Waals surface area contributed by atoms with Gasteiger partial charge in [-0.25, -0.2) is 0 Å². The van der Waals surface area contributed by atoms with Gasteiger partial charge in [0.15, 0.2) is 0 Å². The SMILES string of the molecule is CC(=O)N1CC[C@H](c2nnc(-c3ccc(N(C)C)cc3)o2)C1. The van der Waals surface area contributed by atoms with E-state index >= 15 is 0 Å². The van der Waals surface area contributed by atoms with E-state index in [4.69, 9.17) is 4.42 Å². The van der Waals surface area contributed by atoms with Crippen LogP contribution in [0, 0.1) is 0 Å². The third-order valence-electron chi connectivity index (χ3n) is 4.05. The highest BCUT2D eigenvalue weighted by Crippen LogP contribution is 2.29. The van der Waals surface area contributed by atoms with Crippen LogP contribution >= 0.6 is 0 Å². The zero-order chi connectivity index (χ0) is 15.7. The number of aromatic nitrogens is 2. The minimum Gasteiger partial charge on any atom is -0.420 e. The van der Waals surface area contributed by atoms with Crippen LogP contribution in [0.5, 0.6) is 0 Å². The van der Waals surface area contributed by atoms with Crippen LogP contribution < -0.4 is 4.90 Å². The molecule has 1 aromatic heterocycles. The van der Waals surface area contributed by atoms with Crippen molar-refractivity contribution in [1.29, 1.82) is 0 Å². The van der Waals surface area contributed by atoms with Gasteiger partial charge in [0.05, 0.1) is 5.92 Å². The van der Waals surface area contributed by atoms with Gasteiger partial charge < -0.3 is 14.2 Å². The van der Waals surface area contributed by atoms with Gasteiger partial charge in [0.1, 0.15) is 0 Å². The second-order valence-corrected chi connectivity index (χ2v) is 5.84. The Morgan fingerprint density at radius 2 is 2.00 bits per heavy atom. The summed E-state index contributed by atoms with van der Waals surface area (Å²) in [5, 5.41) is 8.30. The van der Waals surface area contributed by atoms with Gasteiger partial charge in [-0.05, 0) is 30.7 Å².